The van der Waals surface area contributed by atoms with Gasteiger partial charge in [0.25, 0.3) is 0 Å². The minimum atomic E-state index is -0.758. The molecule has 0 spiro atoms. The predicted molar refractivity (Wildman–Crippen MR) is 80.2 cm³/mol. The van der Waals surface area contributed by atoms with Gasteiger partial charge in [-0.3, -0.25) is 4.79 Å². The molecular formula is C15H10N6O2. The molecule has 0 fully saturated rings. The first-order valence-electron chi connectivity index (χ1n) is 6.75. The highest BCUT2D eigenvalue weighted by Crippen LogP contribution is 2.24. The molecule has 0 atom stereocenters. The number of nitrogens with zero attached hydrogens (tertiary/aromatic N) is 5. The molecular weight excluding hydrogens is 296 g/mol. The Balaban J connectivity index is 1.77. The van der Waals surface area contributed by atoms with Gasteiger partial charge in [0.05, 0.1) is 11.9 Å². The van der Waals surface area contributed by atoms with Gasteiger partial charge in [-0.1, -0.05) is 23.4 Å². The van der Waals surface area contributed by atoms with Gasteiger partial charge in [0.1, 0.15) is 0 Å². The molecule has 0 unspecified atom stereocenters. The van der Waals surface area contributed by atoms with Crippen molar-refractivity contribution in [3.8, 4) is 22.6 Å². The fraction of sp³-hybridized carbons (Fsp3) is 0. The maximum Gasteiger partial charge on any atom is 0.316 e. The van der Waals surface area contributed by atoms with Gasteiger partial charge in [0.15, 0.2) is 5.65 Å². The maximum absolute atomic E-state index is 11.0. The zero-order valence-electron chi connectivity index (χ0n) is 11.7. The van der Waals surface area contributed by atoms with Crippen molar-refractivity contribution in [2.75, 3.05) is 0 Å². The van der Waals surface area contributed by atoms with Crippen LogP contribution in [0.4, 0.5) is 0 Å². The SMILES string of the molecule is NC(=O)c1nc(-c2cccc(-c3cn4ncccc4n3)c2)no1. The van der Waals surface area contributed by atoms with E-state index in [9.17, 15) is 4.79 Å². The maximum atomic E-state index is 11.0. The quantitative estimate of drug-likeness (QED) is 0.614. The molecule has 4 rings (SSSR count). The van der Waals surface area contributed by atoms with Crippen LogP contribution in [0.5, 0.6) is 0 Å². The van der Waals surface area contributed by atoms with E-state index < -0.39 is 5.91 Å². The van der Waals surface area contributed by atoms with Crippen molar-refractivity contribution in [2.24, 2.45) is 5.73 Å². The average Bonchev–Trinajstić information content (AvgIpc) is 3.22. The number of benzene rings is 1. The van der Waals surface area contributed by atoms with Crippen molar-refractivity contribution in [1.29, 1.82) is 0 Å². The van der Waals surface area contributed by atoms with Gasteiger partial charge in [-0.25, -0.2) is 9.50 Å². The Morgan fingerprint density at radius 3 is 2.78 bits per heavy atom. The van der Waals surface area contributed by atoms with Gasteiger partial charge in [-0.05, 0) is 18.2 Å². The van der Waals surface area contributed by atoms with Crippen molar-refractivity contribution in [3.05, 3.63) is 54.7 Å². The third-order valence-electron chi connectivity index (χ3n) is 3.29. The van der Waals surface area contributed by atoms with Crippen LogP contribution in [0.15, 0.2) is 53.3 Å². The molecule has 0 aliphatic carbocycles. The molecule has 0 bridgehead atoms. The number of rotatable bonds is 3. The number of fused-ring (bicyclic) bond motifs is 1. The fourth-order valence-corrected chi connectivity index (χ4v) is 2.23. The molecule has 0 radical (unpaired) electrons. The lowest BCUT2D eigenvalue weighted by Gasteiger charge is -1.98. The molecule has 8 heteroatoms. The zero-order valence-corrected chi connectivity index (χ0v) is 11.7. The summed E-state index contributed by atoms with van der Waals surface area (Å²) in [5.41, 5.74) is 8.21. The molecule has 3 aromatic heterocycles. The van der Waals surface area contributed by atoms with Crippen LogP contribution >= 0.6 is 0 Å². The highest BCUT2D eigenvalue weighted by atomic mass is 16.5. The van der Waals surface area contributed by atoms with Gasteiger partial charge in [-0.15, -0.1) is 0 Å². The number of hydrogen-bond donors (Lipinski definition) is 1. The number of primary amides is 1. The van der Waals surface area contributed by atoms with Gasteiger partial charge in [0.2, 0.25) is 5.82 Å². The summed E-state index contributed by atoms with van der Waals surface area (Å²) < 4.78 is 6.50. The molecule has 112 valence electrons. The zero-order chi connectivity index (χ0) is 15.8. The molecule has 0 saturated heterocycles. The Morgan fingerprint density at radius 2 is 2.00 bits per heavy atom. The van der Waals surface area contributed by atoms with Crippen molar-refractivity contribution >= 4 is 11.6 Å². The number of nitrogens with two attached hydrogens (primary N) is 1. The lowest BCUT2D eigenvalue weighted by atomic mass is 10.1. The largest absolute Gasteiger partial charge is 0.361 e. The lowest BCUT2D eigenvalue weighted by molar-refractivity contribution is 0.0958. The van der Waals surface area contributed by atoms with E-state index in [4.69, 9.17) is 10.3 Å². The normalized spacial score (nSPS) is 11.0. The summed E-state index contributed by atoms with van der Waals surface area (Å²) in [7, 11) is 0. The Labute approximate surface area is 129 Å². The molecule has 0 saturated carbocycles. The van der Waals surface area contributed by atoms with Crippen LogP contribution < -0.4 is 5.73 Å². The first-order valence-corrected chi connectivity index (χ1v) is 6.75. The highest BCUT2D eigenvalue weighted by Gasteiger charge is 2.14. The van der Waals surface area contributed by atoms with Crippen LogP contribution in [0.3, 0.4) is 0 Å². The Morgan fingerprint density at radius 1 is 1.13 bits per heavy atom. The third kappa shape index (κ3) is 2.31. The van der Waals surface area contributed by atoms with E-state index in [-0.39, 0.29) is 5.89 Å². The van der Waals surface area contributed by atoms with Crippen molar-refractivity contribution in [2.45, 2.75) is 0 Å². The number of carbonyl (C=O) groups excluding carboxylic acids is 1. The summed E-state index contributed by atoms with van der Waals surface area (Å²) in [4.78, 5) is 19.5. The highest BCUT2D eigenvalue weighted by molar-refractivity contribution is 5.88. The predicted octanol–water partition coefficient (Wildman–Crippen LogP) is 1.55. The molecule has 1 amide bonds. The van der Waals surface area contributed by atoms with E-state index in [0.717, 1.165) is 16.9 Å². The second-order valence-electron chi connectivity index (χ2n) is 4.82. The van der Waals surface area contributed by atoms with Crippen LogP contribution in [-0.2, 0) is 0 Å². The molecule has 0 aliphatic rings. The fourth-order valence-electron chi connectivity index (χ4n) is 2.23. The Hall–Kier alpha value is -3.55. The third-order valence-corrected chi connectivity index (χ3v) is 3.29. The molecule has 23 heavy (non-hydrogen) atoms. The van der Waals surface area contributed by atoms with Crippen LogP contribution in [0.2, 0.25) is 0 Å². The molecule has 2 N–H and O–H groups in total. The molecule has 8 nitrogen and oxygen atoms in total. The van der Waals surface area contributed by atoms with Gasteiger partial charge >= 0.3 is 11.8 Å². The first kappa shape index (κ1) is 13.1. The number of amides is 1. The van der Waals surface area contributed by atoms with Gasteiger partial charge in [-0.2, -0.15) is 10.1 Å². The second kappa shape index (κ2) is 5.02. The molecule has 0 aliphatic heterocycles. The van der Waals surface area contributed by atoms with Crippen LogP contribution in [0, 0.1) is 0 Å². The molecule has 1 aromatic carbocycles. The Kier molecular flexibility index (Phi) is 2.87. The van der Waals surface area contributed by atoms with Crippen molar-refractivity contribution in [3.63, 3.8) is 0 Å². The number of imidazole rings is 1. The van der Waals surface area contributed by atoms with Gasteiger partial charge in [0, 0.05) is 17.3 Å². The number of aromatic nitrogens is 5. The van der Waals surface area contributed by atoms with Crippen molar-refractivity contribution < 1.29 is 9.32 Å². The summed E-state index contributed by atoms with van der Waals surface area (Å²) in [5, 5.41) is 7.95. The van der Waals surface area contributed by atoms with Crippen molar-refractivity contribution in [1.82, 2.24) is 24.7 Å². The molecule has 3 heterocycles. The van der Waals surface area contributed by atoms with E-state index >= 15 is 0 Å². The summed E-state index contributed by atoms with van der Waals surface area (Å²) >= 11 is 0. The van der Waals surface area contributed by atoms with Crippen LogP contribution in [0.25, 0.3) is 28.3 Å². The standard InChI is InChI=1S/C15H10N6O2/c16-13(22)15-19-14(20-23-15)10-4-1-3-9(7-10)11-8-21-12(18-11)5-2-6-17-21/h1-8H,(H2,16,22). The summed E-state index contributed by atoms with van der Waals surface area (Å²) in [6, 6.07) is 11.1. The van der Waals surface area contributed by atoms with Crippen LogP contribution in [0.1, 0.15) is 10.7 Å². The summed E-state index contributed by atoms with van der Waals surface area (Å²) in [6.45, 7) is 0. The van der Waals surface area contributed by atoms with E-state index in [1.54, 1.807) is 10.7 Å². The van der Waals surface area contributed by atoms with E-state index in [0.29, 0.717) is 11.4 Å². The average molecular weight is 306 g/mol. The first-order chi connectivity index (χ1) is 11.2. The lowest BCUT2D eigenvalue weighted by Crippen LogP contribution is -2.10. The molecule has 4 aromatic rings. The summed E-state index contributed by atoms with van der Waals surface area (Å²) in [6.07, 6.45) is 3.53. The second-order valence-corrected chi connectivity index (χ2v) is 4.82. The number of hydrogen-bond acceptors (Lipinski definition) is 6. The van der Waals surface area contributed by atoms with Crippen LogP contribution in [-0.4, -0.2) is 30.6 Å². The topological polar surface area (TPSA) is 112 Å². The minimum Gasteiger partial charge on any atom is -0.361 e. The minimum absolute atomic E-state index is 0.220. The van der Waals surface area contributed by atoms with Gasteiger partial charge < -0.3 is 10.3 Å². The van der Waals surface area contributed by atoms with E-state index in [2.05, 4.69) is 20.2 Å². The Bertz CT molecular complexity index is 986. The monoisotopic (exact) mass is 306 g/mol. The number of carbonyl (C=O) groups is 1. The smallest absolute Gasteiger partial charge is 0.316 e. The van der Waals surface area contributed by atoms with E-state index in [1.807, 2.05) is 42.6 Å². The summed E-state index contributed by atoms with van der Waals surface area (Å²) in [5.74, 6) is -0.684. The van der Waals surface area contributed by atoms with E-state index in [1.165, 1.54) is 0 Å².